The minimum absolute atomic E-state index is 0.124. The summed E-state index contributed by atoms with van der Waals surface area (Å²) in [4.78, 5) is 15.4. The first kappa shape index (κ1) is 24.6. The van der Waals surface area contributed by atoms with E-state index in [1.54, 1.807) is 12.1 Å². The van der Waals surface area contributed by atoms with Gasteiger partial charge in [0.2, 0.25) is 10.0 Å². The van der Waals surface area contributed by atoms with Crippen LogP contribution in [0.3, 0.4) is 0 Å². The number of carbonyl (C=O) groups is 1. The Kier molecular flexibility index (Phi) is 7.87. The number of ether oxygens (including phenoxy) is 2. The number of sulfonamides is 1. The van der Waals surface area contributed by atoms with E-state index in [1.807, 2.05) is 24.6 Å². The first-order chi connectivity index (χ1) is 16.4. The summed E-state index contributed by atoms with van der Waals surface area (Å²) in [5, 5.41) is 7.42. The van der Waals surface area contributed by atoms with Crippen LogP contribution in [0.15, 0.2) is 29.2 Å². The largest absolute Gasteiger partial charge is 0.379 e. The van der Waals surface area contributed by atoms with Gasteiger partial charge in [-0.3, -0.25) is 9.48 Å². The SMILES string of the molecule is Cc1cc(C)n(CCCNC(=O)c2cc(S(=O)(=O)N3CCOCC3)ccc2N2CCOCC2)n1. The van der Waals surface area contributed by atoms with E-state index in [4.69, 9.17) is 9.47 Å². The molecule has 0 saturated carbocycles. The van der Waals surface area contributed by atoms with Gasteiger partial charge in [-0.1, -0.05) is 0 Å². The molecule has 3 heterocycles. The number of aromatic nitrogens is 2. The van der Waals surface area contributed by atoms with Gasteiger partial charge in [0, 0.05) is 50.6 Å². The van der Waals surface area contributed by atoms with Crippen molar-refractivity contribution in [2.24, 2.45) is 0 Å². The number of nitrogens with one attached hydrogen (secondary N) is 1. The van der Waals surface area contributed by atoms with Gasteiger partial charge in [0.15, 0.2) is 0 Å². The van der Waals surface area contributed by atoms with Crippen LogP contribution in [0.25, 0.3) is 0 Å². The molecule has 2 aromatic rings. The standard InChI is InChI=1S/C23H33N5O5S/c1-18-16-19(2)28(25-18)7-3-6-24-23(29)21-17-20(34(30,31)27-10-14-33-15-11-27)4-5-22(21)26-8-12-32-13-9-26/h4-5,16-17H,3,6-15H2,1-2H3,(H,24,29). The smallest absolute Gasteiger partial charge is 0.253 e. The van der Waals surface area contributed by atoms with Crippen molar-refractivity contribution in [3.8, 4) is 0 Å². The molecule has 1 aromatic carbocycles. The molecule has 2 saturated heterocycles. The van der Waals surface area contributed by atoms with Gasteiger partial charge >= 0.3 is 0 Å². The Morgan fingerprint density at radius 3 is 2.35 bits per heavy atom. The number of amides is 1. The van der Waals surface area contributed by atoms with Crippen LogP contribution in [0, 0.1) is 13.8 Å². The molecule has 0 bridgehead atoms. The highest BCUT2D eigenvalue weighted by Crippen LogP contribution is 2.27. The minimum atomic E-state index is -3.71. The van der Waals surface area contributed by atoms with Crippen LogP contribution >= 0.6 is 0 Å². The van der Waals surface area contributed by atoms with Crippen LogP contribution in [0.5, 0.6) is 0 Å². The molecule has 0 aliphatic carbocycles. The van der Waals surface area contributed by atoms with Gasteiger partial charge < -0.3 is 19.7 Å². The third kappa shape index (κ3) is 5.60. The van der Waals surface area contributed by atoms with Gasteiger partial charge in [0.05, 0.1) is 42.6 Å². The molecule has 0 unspecified atom stereocenters. The molecule has 4 rings (SSSR count). The summed E-state index contributed by atoms with van der Waals surface area (Å²) in [5.41, 5.74) is 3.14. The zero-order chi connectivity index (χ0) is 24.1. The van der Waals surface area contributed by atoms with Gasteiger partial charge in [-0.05, 0) is 44.5 Å². The fourth-order valence-corrected chi connectivity index (χ4v) is 5.74. The second-order valence-corrected chi connectivity index (χ2v) is 10.5. The molecule has 10 nitrogen and oxygen atoms in total. The summed E-state index contributed by atoms with van der Waals surface area (Å²) in [6.07, 6.45) is 0.715. The molecule has 0 spiro atoms. The molecule has 34 heavy (non-hydrogen) atoms. The van der Waals surface area contributed by atoms with Crippen LogP contribution < -0.4 is 10.2 Å². The van der Waals surface area contributed by atoms with Gasteiger partial charge in [-0.25, -0.2) is 8.42 Å². The van der Waals surface area contributed by atoms with E-state index in [1.165, 1.54) is 10.4 Å². The van der Waals surface area contributed by atoms with Crippen LogP contribution in [0.4, 0.5) is 5.69 Å². The number of rotatable bonds is 8. The zero-order valence-corrected chi connectivity index (χ0v) is 20.6. The predicted molar refractivity (Wildman–Crippen MR) is 128 cm³/mol. The predicted octanol–water partition coefficient (Wildman–Crippen LogP) is 1.18. The van der Waals surface area contributed by atoms with Gasteiger partial charge in [-0.2, -0.15) is 9.40 Å². The van der Waals surface area contributed by atoms with Crippen molar-refractivity contribution in [3.63, 3.8) is 0 Å². The molecule has 2 aliphatic rings. The highest BCUT2D eigenvalue weighted by atomic mass is 32.2. The average Bonchev–Trinajstić information content (AvgIpc) is 3.19. The zero-order valence-electron chi connectivity index (χ0n) is 19.8. The first-order valence-corrected chi connectivity index (χ1v) is 13.1. The topological polar surface area (TPSA) is 106 Å². The van der Waals surface area contributed by atoms with Crippen molar-refractivity contribution in [1.29, 1.82) is 0 Å². The maximum absolute atomic E-state index is 13.2. The van der Waals surface area contributed by atoms with E-state index in [0.717, 1.165) is 17.1 Å². The molecular weight excluding hydrogens is 458 g/mol. The number of anilines is 1. The molecule has 11 heteroatoms. The van der Waals surface area contributed by atoms with E-state index in [2.05, 4.69) is 15.3 Å². The highest BCUT2D eigenvalue weighted by molar-refractivity contribution is 7.89. The number of hydrogen-bond donors (Lipinski definition) is 1. The molecule has 1 N–H and O–H groups in total. The maximum Gasteiger partial charge on any atom is 0.253 e. The number of nitrogens with zero attached hydrogens (tertiary/aromatic N) is 4. The Morgan fingerprint density at radius 1 is 1.03 bits per heavy atom. The number of benzene rings is 1. The third-order valence-electron chi connectivity index (χ3n) is 6.11. The van der Waals surface area contributed by atoms with Crippen LogP contribution in [0.2, 0.25) is 0 Å². The molecule has 0 radical (unpaired) electrons. The summed E-state index contributed by atoms with van der Waals surface area (Å²) in [6, 6.07) is 6.86. The maximum atomic E-state index is 13.2. The summed E-state index contributed by atoms with van der Waals surface area (Å²) >= 11 is 0. The molecule has 186 valence electrons. The second kappa shape index (κ2) is 10.9. The number of hydrogen-bond acceptors (Lipinski definition) is 7. The van der Waals surface area contributed by atoms with Crippen molar-refractivity contribution in [3.05, 3.63) is 41.2 Å². The lowest BCUT2D eigenvalue weighted by molar-refractivity contribution is 0.0730. The summed E-state index contributed by atoms with van der Waals surface area (Å²) in [6.45, 7) is 8.90. The van der Waals surface area contributed by atoms with Crippen molar-refractivity contribution in [2.75, 3.05) is 64.1 Å². The number of carbonyl (C=O) groups excluding carboxylic acids is 1. The third-order valence-corrected chi connectivity index (χ3v) is 8.00. The second-order valence-electron chi connectivity index (χ2n) is 8.55. The number of aryl methyl sites for hydroxylation is 3. The van der Waals surface area contributed by atoms with E-state index in [-0.39, 0.29) is 10.8 Å². The van der Waals surface area contributed by atoms with E-state index in [9.17, 15) is 13.2 Å². The Bertz CT molecular complexity index is 1100. The minimum Gasteiger partial charge on any atom is -0.379 e. The number of morpholine rings is 2. The van der Waals surface area contributed by atoms with Crippen LogP contribution in [-0.4, -0.2) is 87.6 Å². The Hall–Kier alpha value is -2.47. The Labute approximate surface area is 200 Å². The average molecular weight is 492 g/mol. The molecule has 2 aliphatic heterocycles. The quantitative estimate of drug-likeness (QED) is 0.553. The van der Waals surface area contributed by atoms with E-state index in [0.29, 0.717) is 77.7 Å². The van der Waals surface area contributed by atoms with Crippen molar-refractivity contribution >= 4 is 21.6 Å². The van der Waals surface area contributed by atoms with Crippen molar-refractivity contribution < 1.29 is 22.7 Å². The highest BCUT2D eigenvalue weighted by Gasteiger charge is 2.29. The Balaban J connectivity index is 1.51. The first-order valence-electron chi connectivity index (χ1n) is 11.7. The van der Waals surface area contributed by atoms with Crippen LogP contribution in [0.1, 0.15) is 28.2 Å². The van der Waals surface area contributed by atoms with Crippen LogP contribution in [-0.2, 0) is 26.0 Å². The van der Waals surface area contributed by atoms with E-state index < -0.39 is 10.0 Å². The summed E-state index contributed by atoms with van der Waals surface area (Å²) < 4.78 is 40.5. The molecular formula is C23H33N5O5S. The van der Waals surface area contributed by atoms with Crippen molar-refractivity contribution in [2.45, 2.75) is 31.7 Å². The lowest BCUT2D eigenvalue weighted by Crippen LogP contribution is -2.41. The molecule has 1 aromatic heterocycles. The monoisotopic (exact) mass is 491 g/mol. The molecule has 2 fully saturated rings. The van der Waals surface area contributed by atoms with Gasteiger partial charge in [0.25, 0.3) is 5.91 Å². The lowest BCUT2D eigenvalue weighted by atomic mass is 10.1. The Morgan fingerprint density at radius 2 is 1.71 bits per heavy atom. The van der Waals surface area contributed by atoms with Gasteiger partial charge in [-0.15, -0.1) is 0 Å². The summed E-state index contributed by atoms with van der Waals surface area (Å²) in [5.74, 6) is -0.283. The normalized spacial score (nSPS) is 17.6. The fraction of sp³-hybridized carbons (Fsp3) is 0.565. The summed E-state index contributed by atoms with van der Waals surface area (Å²) in [7, 11) is -3.71. The molecule has 0 atom stereocenters. The van der Waals surface area contributed by atoms with E-state index >= 15 is 0 Å². The van der Waals surface area contributed by atoms with Crippen molar-refractivity contribution in [1.82, 2.24) is 19.4 Å². The molecule has 1 amide bonds. The fourth-order valence-electron chi connectivity index (χ4n) is 4.30. The lowest BCUT2D eigenvalue weighted by Gasteiger charge is -2.31. The van der Waals surface area contributed by atoms with Gasteiger partial charge in [0.1, 0.15) is 0 Å².